The number of carbonyl (C=O) groups is 1. The molecule has 1 spiro atoms. The van der Waals surface area contributed by atoms with E-state index in [1.54, 1.807) is 6.07 Å². The summed E-state index contributed by atoms with van der Waals surface area (Å²) in [5.74, 6) is -0.720. The Bertz CT molecular complexity index is 372. The van der Waals surface area contributed by atoms with Crippen LogP contribution in [0.3, 0.4) is 0 Å². The first-order valence-corrected chi connectivity index (χ1v) is 8.16. The number of nitriles is 1. The monoisotopic (exact) mass is 311 g/mol. The van der Waals surface area contributed by atoms with Crippen molar-refractivity contribution in [2.45, 2.75) is 63.3 Å². The number of esters is 1. The normalized spacial score (nSPS) is 24.1. The van der Waals surface area contributed by atoms with E-state index in [0.717, 1.165) is 58.3 Å². The van der Waals surface area contributed by atoms with Crippen LogP contribution in [0.1, 0.15) is 51.4 Å². The molecule has 0 radical (unpaired) electrons. The van der Waals surface area contributed by atoms with Crippen molar-refractivity contribution in [2.24, 2.45) is 0 Å². The Morgan fingerprint density at radius 2 is 1.86 bits per heavy atom. The Hall–Kier alpha value is -1.16. The molecule has 1 saturated carbocycles. The number of hydrogen-bond donors (Lipinski definition) is 0. The summed E-state index contributed by atoms with van der Waals surface area (Å²) in [5.41, 5.74) is 0. The minimum atomic E-state index is -0.371. The SMILES string of the molecule is C1COCC2(C1)OCCO2.N#CCC(=O)OC1CCCCC1. The van der Waals surface area contributed by atoms with Crippen molar-refractivity contribution < 1.29 is 23.7 Å². The van der Waals surface area contributed by atoms with Gasteiger partial charge >= 0.3 is 5.97 Å². The number of hydrogen-bond acceptors (Lipinski definition) is 6. The Labute approximate surface area is 131 Å². The summed E-state index contributed by atoms with van der Waals surface area (Å²) in [6.45, 7) is 2.92. The summed E-state index contributed by atoms with van der Waals surface area (Å²) >= 11 is 0. The fourth-order valence-corrected chi connectivity index (χ4v) is 2.94. The van der Waals surface area contributed by atoms with E-state index in [9.17, 15) is 4.79 Å². The van der Waals surface area contributed by atoms with E-state index in [2.05, 4.69) is 0 Å². The van der Waals surface area contributed by atoms with E-state index in [1.807, 2.05) is 0 Å². The topological polar surface area (TPSA) is 77.8 Å². The lowest BCUT2D eigenvalue weighted by atomic mass is 9.98. The van der Waals surface area contributed by atoms with E-state index >= 15 is 0 Å². The molecule has 22 heavy (non-hydrogen) atoms. The molecule has 0 bridgehead atoms. The van der Waals surface area contributed by atoms with Gasteiger partial charge in [-0.1, -0.05) is 6.42 Å². The fourth-order valence-electron chi connectivity index (χ4n) is 2.94. The molecule has 2 aliphatic heterocycles. The quantitative estimate of drug-likeness (QED) is 0.728. The Balaban J connectivity index is 0.000000162. The van der Waals surface area contributed by atoms with Gasteiger partial charge in [-0.15, -0.1) is 0 Å². The maximum atomic E-state index is 10.9. The van der Waals surface area contributed by atoms with Gasteiger partial charge in [-0.2, -0.15) is 5.26 Å². The van der Waals surface area contributed by atoms with Gasteiger partial charge in [0.25, 0.3) is 0 Å². The summed E-state index contributed by atoms with van der Waals surface area (Å²) in [7, 11) is 0. The first-order chi connectivity index (χ1) is 10.7. The van der Waals surface area contributed by atoms with Gasteiger partial charge in [-0.3, -0.25) is 4.79 Å². The minimum absolute atomic E-state index is 0.0830. The molecule has 0 aromatic rings. The van der Waals surface area contributed by atoms with Gasteiger partial charge in [0, 0.05) is 13.0 Å². The summed E-state index contributed by atoms with van der Waals surface area (Å²) in [6, 6.07) is 1.78. The van der Waals surface area contributed by atoms with E-state index in [0.29, 0.717) is 6.61 Å². The lowest BCUT2D eigenvalue weighted by Crippen LogP contribution is -2.39. The summed E-state index contributed by atoms with van der Waals surface area (Å²) in [6.07, 6.45) is 7.48. The van der Waals surface area contributed by atoms with Crippen LogP contribution in [0.15, 0.2) is 0 Å². The lowest BCUT2D eigenvalue weighted by molar-refractivity contribution is -0.217. The molecule has 124 valence electrons. The van der Waals surface area contributed by atoms with Crippen LogP contribution in [-0.4, -0.2) is 44.3 Å². The molecular weight excluding hydrogens is 286 g/mol. The lowest BCUT2D eigenvalue weighted by Gasteiger charge is -2.30. The molecule has 1 aliphatic carbocycles. The molecule has 0 unspecified atom stereocenters. The standard InChI is InChI=1S/C9H13NO2.C7H12O3/c10-7-6-9(11)12-8-4-2-1-3-5-8;1-2-7(6-8-3-1)9-4-5-10-7/h8H,1-6H2;1-6H2. The van der Waals surface area contributed by atoms with Crippen LogP contribution >= 0.6 is 0 Å². The highest BCUT2D eigenvalue weighted by Gasteiger charge is 2.38. The molecule has 3 fully saturated rings. The predicted octanol–water partition coefficient (Wildman–Crippen LogP) is 2.32. The van der Waals surface area contributed by atoms with Gasteiger partial charge in [-0.05, 0) is 32.1 Å². The summed E-state index contributed by atoms with van der Waals surface area (Å²) in [5, 5.41) is 8.22. The van der Waals surface area contributed by atoms with Gasteiger partial charge < -0.3 is 18.9 Å². The molecular formula is C16H25NO5. The van der Waals surface area contributed by atoms with Crippen molar-refractivity contribution in [1.82, 2.24) is 0 Å². The van der Waals surface area contributed by atoms with Crippen molar-refractivity contribution in [2.75, 3.05) is 26.4 Å². The zero-order valence-corrected chi connectivity index (χ0v) is 13.1. The van der Waals surface area contributed by atoms with Crippen LogP contribution in [0.5, 0.6) is 0 Å². The van der Waals surface area contributed by atoms with E-state index in [1.165, 1.54) is 6.42 Å². The number of rotatable bonds is 2. The molecule has 3 aliphatic rings. The van der Waals surface area contributed by atoms with Gasteiger partial charge in [0.2, 0.25) is 0 Å². The second-order valence-electron chi connectivity index (χ2n) is 5.85. The van der Waals surface area contributed by atoms with Gasteiger partial charge in [0.05, 0.1) is 19.3 Å². The van der Waals surface area contributed by atoms with Crippen molar-refractivity contribution in [3.8, 4) is 6.07 Å². The first-order valence-electron chi connectivity index (χ1n) is 8.16. The second-order valence-corrected chi connectivity index (χ2v) is 5.85. The van der Waals surface area contributed by atoms with Crippen molar-refractivity contribution in [3.05, 3.63) is 0 Å². The van der Waals surface area contributed by atoms with Gasteiger partial charge in [-0.25, -0.2) is 0 Å². The molecule has 2 saturated heterocycles. The third kappa shape index (κ3) is 5.56. The Kier molecular flexibility index (Phi) is 7.10. The maximum absolute atomic E-state index is 10.9. The van der Waals surface area contributed by atoms with E-state index < -0.39 is 0 Å². The molecule has 6 nitrogen and oxygen atoms in total. The second kappa shape index (κ2) is 9.09. The summed E-state index contributed by atoms with van der Waals surface area (Å²) in [4.78, 5) is 10.9. The van der Waals surface area contributed by atoms with E-state index in [4.69, 9.17) is 24.2 Å². The van der Waals surface area contributed by atoms with Crippen LogP contribution in [0.25, 0.3) is 0 Å². The molecule has 0 aromatic carbocycles. The highest BCUT2D eigenvalue weighted by atomic mass is 16.8. The zero-order chi connectivity index (χ0) is 15.7. The smallest absolute Gasteiger partial charge is 0.320 e. The largest absolute Gasteiger partial charge is 0.462 e. The van der Waals surface area contributed by atoms with Crippen LogP contribution in [0, 0.1) is 11.3 Å². The number of ether oxygens (including phenoxy) is 4. The van der Waals surface area contributed by atoms with Gasteiger partial charge in [0.15, 0.2) is 5.79 Å². The molecule has 0 aromatic heterocycles. The maximum Gasteiger partial charge on any atom is 0.320 e. The molecule has 0 amide bonds. The van der Waals surface area contributed by atoms with Crippen LogP contribution in [0.2, 0.25) is 0 Å². The first kappa shape index (κ1) is 17.2. The average Bonchev–Trinajstić information content (AvgIpc) is 2.98. The van der Waals surface area contributed by atoms with Crippen molar-refractivity contribution in [3.63, 3.8) is 0 Å². The third-order valence-electron chi connectivity index (χ3n) is 4.06. The van der Waals surface area contributed by atoms with E-state index in [-0.39, 0.29) is 24.3 Å². The molecule has 6 heteroatoms. The van der Waals surface area contributed by atoms with Crippen LogP contribution in [-0.2, 0) is 23.7 Å². The Morgan fingerprint density at radius 3 is 2.45 bits per heavy atom. The molecule has 2 heterocycles. The predicted molar refractivity (Wildman–Crippen MR) is 77.9 cm³/mol. The van der Waals surface area contributed by atoms with Gasteiger partial charge in [0.1, 0.15) is 19.1 Å². The van der Waals surface area contributed by atoms with Crippen molar-refractivity contribution >= 4 is 5.97 Å². The Morgan fingerprint density at radius 1 is 1.14 bits per heavy atom. The highest BCUT2D eigenvalue weighted by molar-refractivity contribution is 5.71. The molecule has 3 rings (SSSR count). The number of nitrogens with zero attached hydrogens (tertiary/aromatic N) is 1. The van der Waals surface area contributed by atoms with Crippen LogP contribution in [0.4, 0.5) is 0 Å². The van der Waals surface area contributed by atoms with Crippen LogP contribution < -0.4 is 0 Å². The minimum Gasteiger partial charge on any atom is -0.462 e. The zero-order valence-electron chi connectivity index (χ0n) is 13.1. The molecule has 0 atom stereocenters. The third-order valence-corrected chi connectivity index (χ3v) is 4.06. The number of carbonyl (C=O) groups excluding carboxylic acids is 1. The highest BCUT2D eigenvalue weighted by Crippen LogP contribution is 2.28. The molecule has 0 N–H and O–H groups in total. The fraction of sp³-hybridized carbons (Fsp3) is 0.875. The summed E-state index contributed by atoms with van der Waals surface area (Å²) < 4.78 is 21.2. The average molecular weight is 311 g/mol. The van der Waals surface area contributed by atoms with Crippen molar-refractivity contribution in [1.29, 1.82) is 5.26 Å².